The molecule has 1 fully saturated rings. The monoisotopic (exact) mass is 361 g/mol. The summed E-state index contributed by atoms with van der Waals surface area (Å²) < 4.78 is 0. The Morgan fingerprint density at radius 2 is 1.81 bits per heavy atom. The fourth-order valence-corrected chi connectivity index (χ4v) is 4.03. The van der Waals surface area contributed by atoms with Gasteiger partial charge in [0, 0.05) is 38.0 Å². The highest BCUT2D eigenvalue weighted by atomic mass is 16.2. The Labute approximate surface area is 161 Å². The Kier molecular flexibility index (Phi) is 4.60. The molecule has 2 aliphatic heterocycles. The van der Waals surface area contributed by atoms with Gasteiger partial charge < -0.3 is 5.32 Å². The molecule has 0 aliphatic carbocycles. The van der Waals surface area contributed by atoms with E-state index in [0.717, 1.165) is 38.0 Å². The van der Waals surface area contributed by atoms with Gasteiger partial charge in [-0.1, -0.05) is 42.0 Å². The standard InChI is InChI=1S/C23H27N3O/c1-16-5-4-6-19(13-16)15-26-11-9-23(10-12-26)24-21(22(27)25-23)20-8-7-17(2)18(3)14-20/h4-8,13-14H,9-12,15H2,1-3H3,(H,25,27). The summed E-state index contributed by atoms with van der Waals surface area (Å²) in [4.78, 5) is 19.9. The lowest BCUT2D eigenvalue weighted by Gasteiger charge is -2.37. The third kappa shape index (κ3) is 3.67. The van der Waals surface area contributed by atoms with Crippen molar-refractivity contribution in [2.45, 2.75) is 45.8 Å². The van der Waals surface area contributed by atoms with Crippen LogP contribution in [0.4, 0.5) is 0 Å². The van der Waals surface area contributed by atoms with Crippen molar-refractivity contribution < 1.29 is 4.79 Å². The fraction of sp³-hybridized carbons (Fsp3) is 0.391. The van der Waals surface area contributed by atoms with Crippen molar-refractivity contribution >= 4 is 11.6 Å². The van der Waals surface area contributed by atoms with Gasteiger partial charge in [0.15, 0.2) is 0 Å². The summed E-state index contributed by atoms with van der Waals surface area (Å²) in [6.07, 6.45) is 1.72. The lowest BCUT2D eigenvalue weighted by atomic mass is 9.97. The van der Waals surface area contributed by atoms with E-state index >= 15 is 0 Å². The number of nitrogens with zero attached hydrogens (tertiary/aromatic N) is 2. The minimum atomic E-state index is -0.422. The zero-order valence-electron chi connectivity index (χ0n) is 16.4. The van der Waals surface area contributed by atoms with Crippen LogP contribution in [0.15, 0.2) is 47.5 Å². The van der Waals surface area contributed by atoms with Crippen LogP contribution in [-0.4, -0.2) is 35.3 Å². The minimum Gasteiger partial charge on any atom is -0.326 e. The number of amides is 1. The topological polar surface area (TPSA) is 44.7 Å². The van der Waals surface area contributed by atoms with Crippen LogP contribution in [0.1, 0.15) is 40.7 Å². The van der Waals surface area contributed by atoms with Crippen molar-refractivity contribution in [3.8, 4) is 0 Å². The van der Waals surface area contributed by atoms with Gasteiger partial charge in [-0.05, 0) is 43.5 Å². The molecule has 2 heterocycles. The van der Waals surface area contributed by atoms with Crippen molar-refractivity contribution in [1.29, 1.82) is 0 Å². The first kappa shape index (κ1) is 17.9. The summed E-state index contributed by atoms with van der Waals surface area (Å²) in [6, 6.07) is 14.8. The molecular weight excluding hydrogens is 334 g/mol. The molecule has 4 nitrogen and oxygen atoms in total. The van der Waals surface area contributed by atoms with Crippen molar-refractivity contribution in [2.24, 2.45) is 4.99 Å². The summed E-state index contributed by atoms with van der Waals surface area (Å²) in [5.74, 6) is -0.0367. The van der Waals surface area contributed by atoms with Crippen LogP contribution < -0.4 is 5.32 Å². The maximum Gasteiger partial charge on any atom is 0.272 e. The Balaban J connectivity index is 1.47. The highest BCUT2D eigenvalue weighted by Gasteiger charge is 2.42. The molecule has 27 heavy (non-hydrogen) atoms. The Bertz CT molecular complexity index is 908. The lowest BCUT2D eigenvalue weighted by molar-refractivity contribution is -0.115. The van der Waals surface area contributed by atoms with Gasteiger partial charge in [-0.3, -0.25) is 14.7 Å². The number of hydrogen-bond donors (Lipinski definition) is 1. The number of piperidine rings is 1. The van der Waals surface area contributed by atoms with E-state index in [4.69, 9.17) is 4.99 Å². The van der Waals surface area contributed by atoms with E-state index in [-0.39, 0.29) is 5.91 Å². The van der Waals surface area contributed by atoms with E-state index in [2.05, 4.69) is 67.4 Å². The second-order valence-electron chi connectivity index (χ2n) is 8.01. The molecule has 2 aromatic rings. The smallest absolute Gasteiger partial charge is 0.272 e. The molecule has 2 aliphatic rings. The molecule has 1 N–H and O–H groups in total. The van der Waals surface area contributed by atoms with Gasteiger partial charge in [0.25, 0.3) is 5.91 Å². The predicted octanol–water partition coefficient (Wildman–Crippen LogP) is 3.52. The second kappa shape index (κ2) is 6.93. The number of carbonyl (C=O) groups excluding carboxylic acids is 1. The number of rotatable bonds is 3. The Morgan fingerprint density at radius 1 is 1.04 bits per heavy atom. The van der Waals surface area contributed by atoms with Gasteiger partial charge in [0.1, 0.15) is 11.4 Å². The van der Waals surface area contributed by atoms with Crippen LogP contribution in [0.5, 0.6) is 0 Å². The van der Waals surface area contributed by atoms with Gasteiger partial charge in [0.2, 0.25) is 0 Å². The van der Waals surface area contributed by atoms with Crippen molar-refractivity contribution in [3.63, 3.8) is 0 Å². The first-order valence-corrected chi connectivity index (χ1v) is 9.72. The van der Waals surface area contributed by atoms with E-state index in [9.17, 15) is 4.79 Å². The Hall–Kier alpha value is -2.46. The molecule has 4 heteroatoms. The van der Waals surface area contributed by atoms with Gasteiger partial charge >= 0.3 is 0 Å². The van der Waals surface area contributed by atoms with Gasteiger partial charge in [-0.2, -0.15) is 0 Å². The number of aliphatic imine (C=N–C) groups is 1. The maximum atomic E-state index is 12.6. The first-order valence-electron chi connectivity index (χ1n) is 9.72. The zero-order chi connectivity index (χ0) is 19.0. The number of hydrogen-bond acceptors (Lipinski definition) is 3. The summed E-state index contributed by atoms with van der Waals surface area (Å²) in [5, 5.41) is 3.18. The molecule has 0 atom stereocenters. The fourth-order valence-electron chi connectivity index (χ4n) is 4.03. The average Bonchev–Trinajstić information content (AvgIpc) is 2.96. The third-order valence-electron chi connectivity index (χ3n) is 5.84. The van der Waals surface area contributed by atoms with Crippen LogP contribution in [-0.2, 0) is 11.3 Å². The molecule has 0 unspecified atom stereocenters. The van der Waals surface area contributed by atoms with Crippen molar-refractivity contribution in [3.05, 3.63) is 70.3 Å². The molecule has 0 saturated carbocycles. The molecule has 0 radical (unpaired) electrons. The number of likely N-dealkylation sites (tertiary alicyclic amines) is 1. The Morgan fingerprint density at radius 3 is 2.52 bits per heavy atom. The highest BCUT2D eigenvalue weighted by Crippen LogP contribution is 2.29. The number of carbonyl (C=O) groups is 1. The maximum absolute atomic E-state index is 12.6. The molecule has 140 valence electrons. The minimum absolute atomic E-state index is 0.0367. The van der Waals surface area contributed by atoms with Gasteiger partial charge in [0.05, 0.1) is 0 Å². The molecule has 0 bridgehead atoms. The van der Waals surface area contributed by atoms with Crippen molar-refractivity contribution in [2.75, 3.05) is 13.1 Å². The zero-order valence-corrected chi connectivity index (χ0v) is 16.4. The molecule has 0 aromatic heterocycles. The van der Waals surface area contributed by atoms with Crippen LogP contribution in [0.25, 0.3) is 0 Å². The molecule has 1 spiro atoms. The lowest BCUT2D eigenvalue weighted by Crippen LogP contribution is -2.50. The highest BCUT2D eigenvalue weighted by molar-refractivity contribution is 6.46. The van der Waals surface area contributed by atoms with Gasteiger partial charge in [-0.25, -0.2) is 0 Å². The average molecular weight is 361 g/mol. The van der Waals surface area contributed by atoms with Crippen LogP contribution >= 0.6 is 0 Å². The van der Waals surface area contributed by atoms with Gasteiger partial charge in [-0.15, -0.1) is 0 Å². The molecule has 2 aromatic carbocycles. The first-order chi connectivity index (χ1) is 12.9. The summed E-state index contributed by atoms with van der Waals surface area (Å²) in [6.45, 7) is 9.13. The van der Waals surface area contributed by atoms with E-state index < -0.39 is 5.66 Å². The second-order valence-corrected chi connectivity index (χ2v) is 8.01. The molecule has 1 saturated heterocycles. The quantitative estimate of drug-likeness (QED) is 0.909. The summed E-state index contributed by atoms with van der Waals surface area (Å²) in [7, 11) is 0. The molecule has 4 rings (SSSR count). The van der Waals surface area contributed by atoms with Crippen LogP contribution in [0, 0.1) is 20.8 Å². The van der Waals surface area contributed by atoms with Crippen LogP contribution in [0.3, 0.4) is 0 Å². The van der Waals surface area contributed by atoms with E-state index in [1.54, 1.807) is 0 Å². The molecule has 1 amide bonds. The summed E-state index contributed by atoms with van der Waals surface area (Å²) >= 11 is 0. The van der Waals surface area contributed by atoms with Crippen LogP contribution in [0.2, 0.25) is 0 Å². The predicted molar refractivity (Wildman–Crippen MR) is 109 cm³/mol. The van der Waals surface area contributed by atoms with E-state index in [1.807, 2.05) is 6.07 Å². The number of nitrogens with one attached hydrogen (secondary N) is 1. The molecular formula is C23H27N3O. The SMILES string of the molecule is Cc1cccc(CN2CCC3(CC2)N=C(c2ccc(C)c(C)c2)C(=O)N3)c1. The number of benzene rings is 2. The largest absolute Gasteiger partial charge is 0.326 e. The number of aryl methyl sites for hydroxylation is 3. The van der Waals surface area contributed by atoms with E-state index in [1.165, 1.54) is 22.3 Å². The van der Waals surface area contributed by atoms with Crippen molar-refractivity contribution in [1.82, 2.24) is 10.2 Å². The van der Waals surface area contributed by atoms with E-state index in [0.29, 0.717) is 5.71 Å². The summed E-state index contributed by atoms with van der Waals surface area (Å²) in [5.41, 5.74) is 6.16. The third-order valence-corrected chi connectivity index (χ3v) is 5.84. The normalized spacial score (nSPS) is 19.2.